The van der Waals surface area contributed by atoms with Gasteiger partial charge in [0.05, 0.1) is 0 Å². The molecule has 3 aromatic rings. The number of quaternary nitrogens is 1. The van der Waals surface area contributed by atoms with Gasteiger partial charge in [0.1, 0.15) is 18.0 Å². The van der Waals surface area contributed by atoms with Gasteiger partial charge in [-0.2, -0.15) is 0 Å². The maximum absolute atomic E-state index is 7.02. The van der Waals surface area contributed by atoms with Crippen molar-refractivity contribution >= 4 is 0 Å². The van der Waals surface area contributed by atoms with Crippen molar-refractivity contribution in [3.05, 3.63) is 96.6 Å². The fraction of sp³-hybridized carbons (Fsp3) is 0.455. The molecule has 0 bridgehead atoms. The molecule has 0 aromatic heterocycles. The molecule has 0 amide bonds. The third-order valence-electron chi connectivity index (χ3n) is 6.18. The molecular formula is C33H46NO4+. The summed E-state index contributed by atoms with van der Waals surface area (Å²) in [5.74, 6) is 0.283. The molecule has 0 heterocycles. The molecule has 5 heteroatoms. The van der Waals surface area contributed by atoms with Crippen LogP contribution in [-0.4, -0.2) is 22.9 Å². The molecule has 0 spiro atoms. The molecule has 3 aromatic carbocycles. The zero-order valence-corrected chi connectivity index (χ0v) is 24.2. The quantitative estimate of drug-likeness (QED) is 0.114. The van der Waals surface area contributed by atoms with Crippen molar-refractivity contribution in [2.75, 3.05) is 6.54 Å². The van der Waals surface area contributed by atoms with Gasteiger partial charge in [-0.15, -0.1) is 9.68 Å². The lowest BCUT2D eigenvalue weighted by Gasteiger charge is -2.44. The number of nitrogens with zero attached hydrogens (tertiary/aromatic N) is 1. The first-order valence-corrected chi connectivity index (χ1v) is 13.8. The van der Waals surface area contributed by atoms with Crippen LogP contribution in [0.25, 0.3) is 0 Å². The first kappa shape index (κ1) is 29.7. The van der Waals surface area contributed by atoms with E-state index in [2.05, 4.69) is 46.8 Å². The van der Waals surface area contributed by atoms with Gasteiger partial charge in [0.25, 0.3) is 11.6 Å². The zero-order chi connectivity index (χ0) is 27.7. The molecule has 3 rings (SSSR count). The van der Waals surface area contributed by atoms with Gasteiger partial charge >= 0.3 is 0 Å². The second-order valence-corrected chi connectivity index (χ2v) is 11.3. The van der Waals surface area contributed by atoms with Crippen molar-refractivity contribution in [1.82, 2.24) is 0 Å². The second-order valence-electron chi connectivity index (χ2n) is 11.3. The van der Waals surface area contributed by atoms with Crippen molar-refractivity contribution in [1.29, 1.82) is 0 Å². The van der Waals surface area contributed by atoms with Gasteiger partial charge in [0.15, 0.2) is 6.54 Å². The Labute approximate surface area is 229 Å². The molecular weight excluding hydrogens is 474 g/mol. The molecule has 0 N–H and O–H groups in total. The van der Waals surface area contributed by atoms with Crippen LogP contribution in [0, 0.1) is 11.8 Å². The number of hydrogen-bond acceptors (Lipinski definition) is 4. The molecule has 0 saturated heterocycles. The Morgan fingerprint density at radius 1 is 0.605 bits per heavy atom. The number of hydrogen-bond donors (Lipinski definition) is 0. The Morgan fingerprint density at radius 2 is 0.974 bits per heavy atom. The van der Waals surface area contributed by atoms with Gasteiger partial charge in [-0.05, 0) is 47.8 Å². The molecule has 2 unspecified atom stereocenters. The lowest BCUT2D eigenvalue weighted by Crippen LogP contribution is -2.60. The fourth-order valence-corrected chi connectivity index (χ4v) is 5.04. The van der Waals surface area contributed by atoms with E-state index in [1.807, 2.05) is 92.7 Å². The van der Waals surface area contributed by atoms with Gasteiger partial charge in [0, 0.05) is 32.3 Å². The molecule has 5 nitrogen and oxygen atoms in total. The molecule has 0 saturated carbocycles. The monoisotopic (exact) mass is 520 g/mol. The summed E-state index contributed by atoms with van der Waals surface area (Å²) >= 11 is 0. The molecule has 0 aliphatic heterocycles. The number of hydroxylamine groups is 4. The van der Waals surface area contributed by atoms with Crippen LogP contribution in [0.5, 0.6) is 11.5 Å². The van der Waals surface area contributed by atoms with Gasteiger partial charge in [0.2, 0.25) is 0 Å². The summed E-state index contributed by atoms with van der Waals surface area (Å²) in [5, 5.41) is 0. The van der Waals surface area contributed by atoms with Crippen molar-refractivity contribution in [3.8, 4) is 11.5 Å². The molecule has 0 aliphatic rings. The first-order valence-electron chi connectivity index (χ1n) is 13.8. The van der Waals surface area contributed by atoms with Crippen molar-refractivity contribution in [3.63, 3.8) is 0 Å². The average molecular weight is 521 g/mol. The molecule has 0 aliphatic carbocycles. The number of para-hydroxylation sites is 2. The van der Waals surface area contributed by atoms with Crippen LogP contribution >= 0.6 is 0 Å². The largest absolute Gasteiger partial charge is 0.457 e. The lowest BCUT2D eigenvalue weighted by atomic mass is 10.0. The Kier molecular flexibility index (Phi) is 10.4. The van der Waals surface area contributed by atoms with E-state index in [1.165, 1.54) is 0 Å². The highest BCUT2D eigenvalue weighted by Gasteiger charge is 2.49. The van der Waals surface area contributed by atoms with Crippen molar-refractivity contribution in [2.24, 2.45) is 11.8 Å². The first-order chi connectivity index (χ1) is 18.0. The van der Waals surface area contributed by atoms with E-state index in [1.54, 1.807) is 0 Å². The summed E-state index contributed by atoms with van der Waals surface area (Å²) in [6.07, 6.45) is 1.36. The van der Waals surface area contributed by atoms with E-state index in [0.717, 1.165) is 17.1 Å². The zero-order valence-electron chi connectivity index (χ0n) is 24.2. The Balaban J connectivity index is 2.04. The van der Waals surface area contributed by atoms with E-state index >= 15 is 0 Å². The van der Waals surface area contributed by atoms with E-state index in [-0.39, 0.29) is 4.81 Å². The highest BCUT2D eigenvalue weighted by molar-refractivity contribution is 5.22. The average Bonchev–Trinajstić information content (AvgIpc) is 2.84. The maximum atomic E-state index is 7.02. The third-order valence-corrected chi connectivity index (χ3v) is 6.18. The van der Waals surface area contributed by atoms with Gasteiger partial charge in [-0.25, -0.2) is 0 Å². The Morgan fingerprint density at radius 3 is 1.32 bits per heavy atom. The molecule has 0 radical (unpaired) electrons. The summed E-state index contributed by atoms with van der Waals surface area (Å²) < 4.78 is 13.1. The Bertz CT molecular complexity index is 1010. The minimum absolute atomic E-state index is 0.115. The minimum atomic E-state index is -0.953. The topological polar surface area (TPSA) is 36.9 Å². The lowest BCUT2D eigenvalue weighted by molar-refractivity contribution is -1.27. The van der Waals surface area contributed by atoms with Gasteiger partial charge < -0.3 is 9.47 Å². The third kappa shape index (κ3) is 9.16. The Hall–Kier alpha value is -2.86. The predicted octanol–water partition coefficient (Wildman–Crippen LogP) is 8.57. The summed E-state index contributed by atoms with van der Waals surface area (Å²) in [5.41, 5.74) is 1.10. The molecule has 2 atom stereocenters. The second kappa shape index (κ2) is 13.3. The SMILES string of the molecule is CC[N+](Cc1ccccc1)(OC(C)(CC(C)C)Oc1ccccc1)OC(C)(CC(C)C)Oc1ccccc1. The van der Waals surface area contributed by atoms with Crippen molar-refractivity contribution in [2.45, 2.75) is 79.4 Å². The highest BCUT2D eigenvalue weighted by Crippen LogP contribution is 2.36. The van der Waals surface area contributed by atoms with E-state index < -0.39 is 11.6 Å². The fourth-order valence-electron chi connectivity index (χ4n) is 5.04. The minimum Gasteiger partial charge on any atom is -0.457 e. The van der Waals surface area contributed by atoms with Crippen LogP contribution in [0.4, 0.5) is 0 Å². The van der Waals surface area contributed by atoms with E-state index in [9.17, 15) is 0 Å². The molecule has 38 heavy (non-hydrogen) atoms. The number of ether oxygens (including phenoxy) is 2. The summed E-state index contributed by atoms with van der Waals surface area (Å²) in [6, 6.07) is 30.0. The van der Waals surface area contributed by atoms with Crippen LogP contribution in [-0.2, 0) is 16.2 Å². The van der Waals surface area contributed by atoms with Gasteiger partial charge in [-0.3, -0.25) is 0 Å². The van der Waals surface area contributed by atoms with Crippen LogP contribution in [0.3, 0.4) is 0 Å². The predicted molar refractivity (Wildman–Crippen MR) is 153 cm³/mol. The summed E-state index contributed by atoms with van der Waals surface area (Å²) in [4.78, 5) is 13.9. The van der Waals surface area contributed by atoms with Gasteiger partial charge in [-0.1, -0.05) is 94.4 Å². The molecule has 206 valence electrons. The van der Waals surface area contributed by atoms with Crippen LogP contribution in [0.1, 0.15) is 66.9 Å². The van der Waals surface area contributed by atoms with Crippen LogP contribution < -0.4 is 9.47 Å². The normalized spacial score (nSPS) is 16.4. The van der Waals surface area contributed by atoms with Crippen LogP contribution in [0.2, 0.25) is 0 Å². The van der Waals surface area contributed by atoms with E-state index in [4.69, 9.17) is 19.1 Å². The van der Waals surface area contributed by atoms with Crippen LogP contribution in [0.15, 0.2) is 91.0 Å². The van der Waals surface area contributed by atoms with Crippen molar-refractivity contribution < 1.29 is 24.0 Å². The molecule has 0 fully saturated rings. The number of rotatable bonds is 15. The smallest absolute Gasteiger partial charge is 0.265 e. The summed E-state index contributed by atoms with van der Waals surface area (Å²) in [7, 11) is 0. The number of benzene rings is 3. The standard InChI is InChI=1S/C33H46NO4/c1-8-34(26-29-18-12-9-13-19-29,37-32(6,24-27(2)3)35-30-20-14-10-15-21-30)38-33(7,25-28(4)5)36-31-22-16-11-17-23-31/h9-23,27-28H,8,24-26H2,1-7H3/q+1. The maximum Gasteiger partial charge on any atom is 0.265 e. The summed E-state index contributed by atoms with van der Waals surface area (Å²) in [6.45, 7) is 15.9. The highest BCUT2D eigenvalue weighted by atomic mass is 17.1. The van der Waals surface area contributed by atoms with E-state index in [0.29, 0.717) is 37.8 Å².